The van der Waals surface area contributed by atoms with Crippen molar-refractivity contribution in [2.24, 2.45) is 0 Å². The van der Waals surface area contributed by atoms with Gasteiger partial charge in [-0.2, -0.15) is 0 Å². The maximum Gasteiger partial charge on any atom is 0.361 e. The molecule has 0 fully saturated rings. The summed E-state index contributed by atoms with van der Waals surface area (Å²) in [6, 6.07) is 7.63. The molecule has 0 aliphatic heterocycles. The highest BCUT2D eigenvalue weighted by molar-refractivity contribution is 9.10. The maximum absolute atomic E-state index is 12.6. The van der Waals surface area contributed by atoms with Gasteiger partial charge in [0.05, 0.1) is 6.61 Å². The second kappa shape index (κ2) is 9.17. The van der Waals surface area contributed by atoms with Crippen molar-refractivity contribution in [3.05, 3.63) is 56.2 Å². The van der Waals surface area contributed by atoms with Crippen LogP contribution < -0.4 is 10.3 Å². The van der Waals surface area contributed by atoms with Crippen molar-refractivity contribution in [3.8, 4) is 5.75 Å². The van der Waals surface area contributed by atoms with Gasteiger partial charge in [0.25, 0.3) is 5.56 Å². The smallest absolute Gasteiger partial charge is 0.361 e. The lowest BCUT2D eigenvalue weighted by Crippen LogP contribution is -2.28. The van der Waals surface area contributed by atoms with Crippen LogP contribution in [0.25, 0.3) is 0 Å². The Labute approximate surface area is 167 Å². The molecule has 0 spiro atoms. The molecule has 0 unspecified atom stereocenters. The van der Waals surface area contributed by atoms with Gasteiger partial charge in [-0.1, -0.05) is 47.5 Å². The fraction of sp³-hybridized carbons (Fsp3) is 0.450. The lowest BCUT2D eigenvalue weighted by Gasteiger charge is -2.20. The van der Waals surface area contributed by atoms with Crippen molar-refractivity contribution in [1.82, 2.24) is 9.97 Å². The van der Waals surface area contributed by atoms with E-state index >= 15 is 0 Å². The SMILES string of the molecule is CCCCOc1c(C(=O)OC(C)(C)C)nc(Cc2ccccc2Br)[nH]c1=O. The van der Waals surface area contributed by atoms with Gasteiger partial charge in [0.2, 0.25) is 5.75 Å². The number of aromatic amines is 1. The van der Waals surface area contributed by atoms with Gasteiger partial charge in [-0.3, -0.25) is 4.79 Å². The second-order valence-corrected chi connectivity index (χ2v) is 8.02. The van der Waals surface area contributed by atoms with E-state index in [1.165, 1.54) is 0 Å². The Morgan fingerprint density at radius 3 is 2.59 bits per heavy atom. The van der Waals surface area contributed by atoms with E-state index in [0.717, 1.165) is 22.9 Å². The number of ether oxygens (including phenoxy) is 2. The average Bonchev–Trinajstić information content (AvgIpc) is 2.57. The first-order valence-electron chi connectivity index (χ1n) is 8.94. The number of nitrogens with one attached hydrogen (secondary N) is 1. The predicted molar refractivity (Wildman–Crippen MR) is 107 cm³/mol. The molecule has 1 N–H and O–H groups in total. The summed E-state index contributed by atoms with van der Waals surface area (Å²) in [6.45, 7) is 7.63. The molecule has 2 aromatic rings. The number of hydrogen-bond acceptors (Lipinski definition) is 5. The Balaban J connectivity index is 2.41. The summed E-state index contributed by atoms with van der Waals surface area (Å²) in [5.74, 6) is -0.391. The zero-order valence-electron chi connectivity index (χ0n) is 16.1. The van der Waals surface area contributed by atoms with E-state index in [0.29, 0.717) is 18.9 Å². The van der Waals surface area contributed by atoms with Gasteiger partial charge in [0, 0.05) is 10.9 Å². The van der Waals surface area contributed by atoms with Crippen LogP contribution in [0, 0.1) is 0 Å². The number of aromatic nitrogens is 2. The molecule has 2 rings (SSSR count). The molecule has 0 aliphatic rings. The summed E-state index contributed by atoms with van der Waals surface area (Å²) in [6.07, 6.45) is 2.04. The van der Waals surface area contributed by atoms with Crippen molar-refractivity contribution in [2.75, 3.05) is 6.61 Å². The van der Waals surface area contributed by atoms with Crippen LogP contribution in [-0.2, 0) is 11.2 Å². The Hall–Kier alpha value is -2.15. The van der Waals surface area contributed by atoms with Crippen LogP contribution in [0.1, 0.15) is 62.4 Å². The molecule has 0 saturated carbocycles. The minimum Gasteiger partial charge on any atom is -0.486 e. The minimum atomic E-state index is -0.704. The fourth-order valence-electron chi connectivity index (χ4n) is 2.33. The molecule has 27 heavy (non-hydrogen) atoms. The first-order valence-corrected chi connectivity index (χ1v) is 9.73. The van der Waals surface area contributed by atoms with E-state index < -0.39 is 17.1 Å². The van der Waals surface area contributed by atoms with E-state index in [9.17, 15) is 9.59 Å². The van der Waals surface area contributed by atoms with E-state index in [1.807, 2.05) is 31.2 Å². The predicted octanol–water partition coefficient (Wildman–Crippen LogP) is 4.26. The normalized spacial score (nSPS) is 11.3. The molecule has 0 atom stereocenters. The standard InChI is InChI=1S/C20H25BrN2O4/c1-5-6-11-26-17-16(19(25)27-20(2,3)4)22-15(23-18(17)24)12-13-9-7-8-10-14(13)21/h7-10H,5-6,11-12H2,1-4H3,(H,22,23,24). The Morgan fingerprint density at radius 1 is 1.26 bits per heavy atom. The lowest BCUT2D eigenvalue weighted by atomic mass is 10.1. The maximum atomic E-state index is 12.6. The summed E-state index contributed by atoms with van der Waals surface area (Å²) in [7, 11) is 0. The van der Waals surface area contributed by atoms with Crippen LogP contribution in [0.3, 0.4) is 0 Å². The Kier molecular flexibility index (Phi) is 7.18. The molecule has 6 nitrogen and oxygen atoms in total. The van der Waals surface area contributed by atoms with Crippen LogP contribution in [0.4, 0.5) is 0 Å². The zero-order valence-corrected chi connectivity index (χ0v) is 17.7. The van der Waals surface area contributed by atoms with Gasteiger partial charge in [-0.05, 0) is 38.8 Å². The third-order valence-electron chi connectivity index (χ3n) is 3.58. The number of nitrogens with zero attached hydrogens (tertiary/aromatic N) is 1. The van der Waals surface area contributed by atoms with Crippen LogP contribution in [0.2, 0.25) is 0 Å². The molecule has 1 heterocycles. The van der Waals surface area contributed by atoms with E-state index in [4.69, 9.17) is 9.47 Å². The molecule has 7 heteroatoms. The molecule has 0 bridgehead atoms. The number of halogens is 1. The molecule has 1 aromatic carbocycles. The van der Waals surface area contributed by atoms with E-state index in [2.05, 4.69) is 25.9 Å². The highest BCUT2D eigenvalue weighted by Crippen LogP contribution is 2.20. The summed E-state index contributed by atoms with van der Waals surface area (Å²) in [5, 5.41) is 0. The average molecular weight is 437 g/mol. The van der Waals surface area contributed by atoms with Crippen LogP contribution in [0.15, 0.2) is 33.5 Å². The number of hydrogen-bond donors (Lipinski definition) is 1. The first-order chi connectivity index (χ1) is 12.7. The number of benzene rings is 1. The number of carbonyl (C=O) groups excluding carboxylic acids is 1. The van der Waals surface area contributed by atoms with E-state index in [-0.39, 0.29) is 11.4 Å². The van der Waals surface area contributed by atoms with Crippen LogP contribution in [-0.4, -0.2) is 28.1 Å². The summed E-state index contributed by atoms with van der Waals surface area (Å²) in [5.41, 5.74) is -0.337. The van der Waals surface area contributed by atoms with Crippen molar-refractivity contribution < 1.29 is 14.3 Å². The third-order valence-corrected chi connectivity index (χ3v) is 4.35. The number of rotatable bonds is 7. The highest BCUT2D eigenvalue weighted by atomic mass is 79.9. The fourth-order valence-corrected chi connectivity index (χ4v) is 2.76. The minimum absolute atomic E-state index is 0.0893. The van der Waals surface area contributed by atoms with E-state index in [1.54, 1.807) is 20.8 Å². The van der Waals surface area contributed by atoms with Gasteiger partial charge in [-0.15, -0.1) is 0 Å². The molecule has 0 aliphatic carbocycles. The molecular weight excluding hydrogens is 412 g/mol. The molecule has 146 valence electrons. The molecule has 0 amide bonds. The summed E-state index contributed by atoms with van der Waals surface area (Å²) < 4.78 is 11.9. The third kappa shape index (κ3) is 6.20. The quantitative estimate of drug-likeness (QED) is 0.517. The molecule has 1 aromatic heterocycles. The van der Waals surface area contributed by atoms with Gasteiger partial charge >= 0.3 is 5.97 Å². The van der Waals surface area contributed by atoms with Gasteiger partial charge in [0.15, 0.2) is 5.69 Å². The first kappa shape index (κ1) is 21.2. The van der Waals surface area contributed by atoms with Crippen molar-refractivity contribution in [2.45, 2.75) is 52.6 Å². The number of H-pyrrole nitrogens is 1. The highest BCUT2D eigenvalue weighted by Gasteiger charge is 2.25. The number of carbonyl (C=O) groups is 1. The molecular formula is C20H25BrN2O4. The zero-order chi connectivity index (χ0) is 20.0. The number of unbranched alkanes of at least 4 members (excludes halogenated alkanes) is 1. The Morgan fingerprint density at radius 2 is 1.96 bits per heavy atom. The van der Waals surface area contributed by atoms with Crippen molar-refractivity contribution in [1.29, 1.82) is 0 Å². The lowest BCUT2D eigenvalue weighted by molar-refractivity contribution is 0.00576. The largest absolute Gasteiger partial charge is 0.486 e. The van der Waals surface area contributed by atoms with Crippen LogP contribution in [0.5, 0.6) is 5.75 Å². The summed E-state index contributed by atoms with van der Waals surface area (Å²) >= 11 is 3.48. The monoisotopic (exact) mass is 436 g/mol. The van der Waals surface area contributed by atoms with Crippen molar-refractivity contribution in [3.63, 3.8) is 0 Å². The van der Waals surface area contributed by atoms with Gasteiger partial charge < -0.3 is 14.5 Å². The van der Waals surface area contributed by atoms with Crippen LogP contribution >= 0.6 is 15.9 Å². The molecule has 0 radical (unpaired) electrons. The summed E-state index contributed by atoms with van der Waals surface area (Å²) in [4.78, 5) is 32.2. The van der Waals surface area contributed by atoms with Crippen molar-refractivity contribution >= 4 is 21.9 Å². The topological polar surface area (TPSA) is 81.3 Å². The Bertz CT molecular complexity index is 856. The molecule has 0 saturated heterocycles. The second-order valence-electron chi connectivity index (χ2n) is 7.16. The number of esters is 1. The van der Waals surface area contributed by atoms with Gasteiger partial charge in [0.1, 0.15) is 11.4 Å². The van der Waals surface area contributed by atoms with Gasteiger partial charge in [-0.25, -0.2) is 9.78 Å².